The Balaban J connectivity index is 1.32. The number of piperidine rings is 2. The van der Waals surface area contributed by atoms with E-state index in [1.807, 2.05) is 22.2 Å². The second kappa shape index (κ2) is 12.0. The second-order valence-corrected chi connectivity index (χ2v) is 14.9. The van der Waals surface area contributed by atoms with Crippen molar-refractivity contribution in [3.8, 4) is 0 Å². The van der Waals surface area contributed by atoms with E-state index >= 15 is 0 Å². The molecule has 39 heavy (non-hydrogen) atoms. The summed E-state index contributed by atoms with van der Waals surface area (Å²) in [5.41, 5.74) is -0.217. The van der Waals surface area contributed by atoms with Crippen molar-refractivity contribution in [2.45, 2.75) is 101 Å². The quantitative estimate of drug-likeness (QED) is 0.364. The van der Waals surface area contributed by atoms with E-state index in [1.54, 1.807) is 23.1 Å². The van der Waals surface area contributed by atoms with Gasteiger partial charge in [-0.3, -0.25) is 0 Å². The number of urea groups is 1. The number of hydrogen-bond acceptors (Lipinski definition) is 8. The van der Waals surface area contributed by atoms with Gasteiger partial charge in [-0.15, -0.1) is 11.8 Å². The third kappa shape index (κ3) is 7.81. The van der Waals surface area contributed by atoms with E-state index in [9.17, 15) is 14.7 Å². The first-order valence-corrected chi connectivity index (χ1v) is 15.4. The van der Waals surface area contributed by atoms with Crippen LogP contribution in [-0.4, -0.2) is 74.8 Å². The van der Waals surface area contributed by atoms with E-state index in [4.69, 9.17) is 4.42 Å². The smallest absolute Gasteiger partial charge is 0.404 e. The number of likely N-dealkylation sites (tertiary alicyclic amines) is 2. The molecule has 0 saturated carbocycles. The van der Waals surface area contributed by atoms with Gasteiger partial charge in [0.25, 0.3) is 0 Å². The molecule has 12 heteroatoms. The van der Waals surface area contributed by atoms with Crippen LogP contribution in [0.3, 0.4) is 0 Å². The molecule has 3 amide bonds. The first kappa shape index (κ1) is 29.5. The Bertz CT molecular complexity index is 1140. The molecule has 0 aromatic carbocycles. The fourth-order valence-electron chi connectivity index (χ4n) is 5.20. The Kier molecular flexibility index (Phi) is 9.05. The Hall–Kier alpha value is -2.47. The molecule has 10 nitrogen and oxygen atoms in total. The van der Waals surface area contributed by atoms with Gasteiger partial charge in [0, 0.05) is 43.2 Å². The molecular weight excluding hydrogens is 536 g/mol. The highest BCUT2D eigenvalue weighted by atomic mass is 32.2. The van der Waals surface area contributed by atoms with Crippen LogP contribution in [0.2, 0.25) is 0 Å². The van der Waals surface area contributed by atoms with E-state index in [2.05, 4.69) is 62.1 Å². The van der Waals surface area contributed by atoms with Crippen LogP contribution in [0.15, 0.2) is 21.0 Å². The molecule has 3 N–H and O–H groups in total. The molecule has 4 rings (SSSR count). The van der Waals surface area contributed by atoms with Gasteiger partial charge in [0.05, 0.1) is 22.4 Å². The highest BCUT2D eigenvalue weighted by Gasteiger charge is 2.41. The Morgan fingerprint density at radius 3 is 2.56 bits per heavy atom. The summed E-state index contributed by atoms with van der Waals surface area (Å²) in [6, 6.07) is 0.0106. The number of nitrogens with zero attached hydrogens (tertiary/aromatic N) is 4. The normalized spacial score (nSPS) is 22.6. The van der Waals surface area contributed by atoms with Crippen molar-refractivity contribution in [2.24, 2.45) is 5.41 Å². The molecule has 0 bridgehead atoms. The van der Waals surface area contributed by atoms with Gasteiger partial charge < -0.3 is 30.0 Å². The molecule has 4 heterocycles. The van der Waals surface area contributed by atoms with Gasteiger partial charge in [-0.2, -0.15) is 0 Å². The summed E-state index contributed by atoms with van der Waals surface area (Å²) in [5.74, 6) is 2.25. The number of carboxylic acid groups (broad SMARTS) is 1. The molecular formula is C27H42N6O4S2. The molecule has 2 saturated heterocycles. The van der Waals surface area contributed by atoms with Gasteiger partial charge in [-0.05, 0) is 31.1 Å². The van der Waals surface area contributed by atoms with Gasteiger partial charge in [-0.1, -0.05) is 52.9 Å². The monoisotopic (exact) mass is 578 g/mol. The van der Waals surface area contributed by atoms with Crippen LogP contribution in [0.1, 0.15) is 78.9 Å². The molecule has 216 valence electrons. The van der Waals surface area contributed by atoms with Crippen molar-refractivity contribution < 1.29 is 19.1 Å². The first-order chi connectivity index (χ1) is 18.3. The summed E-state index contributed by atoms with van der Waals surface area (Å²) in [7, 11) is 0. The third-order valence-corrected chi connectivity index (χ3v) is 9.42. The highest BCUT2D eigenvalue weighted by molar-refractivity contribution is 8.00. The molecule has 3 unspecified atom stereocenters. The van der Waals surface area contributed by atoms with Crippen molar-refractivity contribution in [1.29, 1.82) is 0 Å². The number of nitrogens with one attached hydrogen (secondary N) is 2. The molecule has 0 aliphatic carbocycles. The average molecular weight is 579 g/mol. The zero-order valence-corrected chi connectivity index (χ0v) is 25.5. The minimum absolute atomic E-state index is 0.0365. The molecule has 2 aliphatic rings. The second-order valence-electron chi connectivity index (χ2n) is 12.6. The molecule has 2 aromatic rings. The van der Waals surface area contributed by atoms with E-state index in [0.29, 0.717) is 37.6 Å². The fraction of sp³-hybridized carbons (Fsp3) is 0.704. The van der Waals surface area contributed by atoms with Crippen molar-refractivity contribution in [1.82, 2.24) is 25.1 Å². The largest absolute Gasteiger partial charge is 0.465 e. The molecule has 0 radical (unpaired) electrons. The summed E-state index contributed by atoms with van der Waals surface area (Å²) < 4.78 is 6.98. The number of oxazole rings is 1. The summed E-state index contributed by atoms with van der Waals surface area (Å²) in [6.07, 6.45) is 5.84. The lowest BCUT2D eigenvalue weighted by atomic mass is 9.79. The number of anilines is 1. The molecule has 3 atom stereocenters. The number of carbonyl (C=O) groups excluding carboxylic acids is 1. The van der Waals surface area contributed by atoms with Crippen LogP contribution < -0.4 is 10.6 Å². The van der Waals surface area contributed by atoms with Crippen LogP contribution in [0, 0.1) is 5.41 Å². The molecule has 2 fully saturated rings. The number of aromatic nitrogens is 2. The van der Waals surface area contributed by atoms with E-state index in [0.717, 1.165) is 34.5 Å². The molecule has 0 spiro atoms. The average Bonchev–Trinajstić information content (AvgIpc) is 3.51. The van der Waals surface area contributed by atoms with E-state index < -0.39 is 6.09 Å². The predicted molar refractivity (Wildman–Crippen MR) is 155 cm³/mol. The number of thioether (sulfide) groups is 1. The van der Waals surface area contributed by atoms with Crippen molar-refractivity contribution in [2.75, 3.05) is 25.0 Å². The van der Waals surface area contributed by atoms with Crippen LogP contribution in [-0.2, 0) is 11.2 Å². The third-order valence-electron chi connectivity index (χ3n) is 7.31. The SMILES string of the molecule is CC(C)(C)c1cnc(CSc2cnc(NC3CCCN(C(=O)N4CCC(NC(=O)O)CC4C(C)(C)C)C3)s2)o1. The van der Waals surface area contributed by atoms with E-state index in [-0.39, 0.29) is 35.0 Å². The first-order valence-electron chi connectivity index (χ1n) is 13.6. The number of rotatable bonds is 6. The maximum absolute atomic E-state index is 13.7. The summed E-state index contributed by atoms with van der Waals surface area (Å²) in [5, 5.41) is 16.2. The summed E-state index contributed by atoms with van der Waals surface area (Å²) in [4.78, 5) is 37.8. The fourth-order valence-corrected chi connectivity index (χ4v) is 7.00. The van der Waals surface area contributed by atoms with Gasteiger partial charge in [0.2, 0.25) is 5.89 Å². The highest BCUT2D eigenvalue weighted by Crippen LogP contribution is 2.35. The van der Waals surface area contributed by atoms with E-state index in [1.165, 1.54) is 0 Å². The Morgan fingerprint density at radius 2 is 1.90 bits per heavy atom. The zero-order valence-electron chi connectivity index (χ0n) is 23.8. The standard InChI is InChI=1S/C27H42N6O4S2/c1-26(2,3)19-12-17(31-24(34)35)9-11-33(19)25(36)32-10-7-8-18(15-32)30-23-29-14-22(39-23)38-16-21-28-13-20(37-21)27(4,5)6/h13-14,17-19,31H,7-12,15-16H2,1-6H3,(H,29,30)(H,34,35). The summed E-state index contributed by atoms with van der Waals surface area (Å²) >= 11 is 3.26. The Labute approximate surface area is 239 Å². The maximum atomic E-state index is 13.7. The minimum atomic E-state index is -1.01. The number of hydrogen-bond donors (Lipinski definition) is 3. The van der Waals surface area contributed by atoms with Gasteiger partial charge in [-0.25, -0.2) is 19.6 Å². The van der Waals surface area contributed by atoms with Gasteiger partial charge >= 0.3 is 12.1 Å². The van der Waals surface area contributed by atoms with Crippen molar-refractivity contribution in [3.63, 3.8) is 0 Å². The summed E-state index contributed by atoms with van der Waals surface area (Å²) in [6.45, 7) is 14.6. The number of carbonyl (C=O) groups is 2. The van der Waals surface area contributed by atoms with Crippen molar-refractivity contribution >= 4 is 40.4 Å². The van der Waals surface area contributed by atoms with Gasteiger partial charge in [0.15, 0.2) is 5.13 Å². The van der Waals surface area contributed by atoms with Gasteiger partial charge in [0.1, 0.15) is 5.76 Å². The van der Waals surface area contributed by atoms with Crippen molar-refractivity contribution in [3.05, 3.63) is 24.0 Å². The lowest BCUT2D eigenvalue weighted by Gasteiger charge is -2.48. The maximum Gasteiger partial charge on any atom is 0.404 e. The number of amides is 3. The lowest BCUT2D eigenvalue weighted by Crippen LogP contribution is -2.60. The van der Waals surface area contributed by atoms with Crippen LogP contribution >= 0.6 is 23.1 Å². The van der Waals surface area contributed by atoms with Crippen LogP contribution in [0.4, 0.5) is 14.7 Å². The molecule has 2 aliphatic heterocycles. The minimum Gasteiger partial charge on any atom is -0.465 e. The zero-order chi connectivity index (χ0) is 28.4. The number of thiazole rings is 1. The lowest BCUT2D eigenvalue weighted by molar-refractivity contribution is 0.0514. The predicted octanol–water partition coefficient (Wildman–Crippen LogP) is 5.86. The van der Waals surface area contributed by atoms with Crippen LogP contribution in [0.25, 0.3) is 0 Å². The Morgan fingerprint density at radius 1 is 1.13 bits per heavy atom. The topological polar surface area (TPSA) is 124 Å². The molecule has 2 aromatic heterocycles. The van der Waals surface area contributed by atoms with Crippen LogP contribution in [0.5, 0.6) is 0 Å².